The molecule has 0 spiro atoms. The van der Waals surface area contributed by atoms with Crippen LogP contribution in [0.1, 0.15) is 10.4 Å². The van der Waals surface area contributed by atoms with Crippen LogP contribution >= 0.6 is 11.6 Å². The molecule has 0 amide bonds. The highest BCUT2D eigenvalue weighted by atomic mass is 35.5. The molecule has 3 rings (SSSR count). The molecular weight excluding hydrogens is 380 g/mol. The highest BCUT2D eigenvalue weighted by molar-refractivity contribution is 7.89. The predicted octanol–water partition coefficient (Wildman–Crippen LogP) is 1.59. The van der Waals surface area contributed by atoms with Crippen molar-refractivity contribution in [1.29, 1.82) is 0 Å². The number of nitrogens with zero attached hydrogens (tertiary/aromatic N) is 3. The molecule has 0 aliphatic carbocycles. The molecule has 1 aromatic heterocycles. The van der Waals surface area contributed by atoms with Gasteiger partial charge in [-0.25, -0.2) is 13.6 Å². The van der Waals surface area contributed by atoms with Gasteiger partial charge >= 0.3 is 0 Å². The number of benzene rings is 2. The summed E-state index contributed by atoms with van der Waals surface area (Å²) in [6.45, 7) is 0. The van der Waals surface area contributed by atoms with Crippen LogP contribution in [0.25, 0.3) is 0 Å². The third-order valence-corrected chi connectivity index (χ3v) is 4.54. The lowest BCUT2D eigenvalue weighted by Crippen LogP contribution is -2.16. The van der Waals surface area contributed by atoms with E-state index in [1.54, 1.807) is 24.3 Å². The monoisotopic (exact) mass is 392 g/mol. The van der Waals surface area contributed by atoms with Crippen LogP contribution in [0.3, 0.4) is 0 Å². The van der Waals surface area contributed by atoms with Gasteiger partial charge in [-0.15, -0.1) is 5.10 Å². The van der Waals surface area contributed by atoms with Crippen molar-refractivity contribution in [3.8, 4) is 0 Å². The number of carbonyl (C=O) groups excluding carboxylic acids is 1. The Morgan fingerprint density at radius 3 is 2.27 bits per heavy atom. The molecule has 0 fully saturated rings. The van der Waals surface area contributed by atoms with Crippen LogP contribution in [0.5, 0.6) is 0 Å². The zero-order valence-electron chi connectivity index (χ0n) is 13.1. The molecular formula is C15H13ClN6O3S. The molecule has 11 heteroatoms. The first kappa shape index (κ1) is 17.9. The minimum absolute atomic E-state index is 0.0287. The number of aromatic nitrogens is 3. The number of sulfonamides is 1. The Morgan fingerprint density at radius 1 is 1.08 bits per heavy atom. The summed E-state index contributed by atoms with van der Waals surface area (Å²) >= 11 is 5.80. The third kappa shape index (κ3) is 3.82. The maximum absolute atomic E-state index is 12.4. The van der Waals surface area contributed by atoms with E-state index < -0.39 is 15.9 Å². The van der Waals surface area contributed by atoms with Crippen LogP contribution in [-0.4, -0.2) is 29.1 Å². The number of nitrogen functional groups attached to an aromatic ring is 1. The zero-order chi connectivity index (χ0) is 18.9. The van der Waals surface area contributed by atoms with Gasteiger partial charge in [0.25, 0.3) is 5.91 Å². The number of hydrogen-bond acceptors (Lipinski definition) is 7. The van der Waals surface area contributed by atoms with Crippen molar-refractivity contribution in [2.24, 2.45) is 5.14 Å². The van der Waals surface area contributed by atoms with Crippen molar-refractivity contribution in [3.63, 3.8) is 0 Å². The SMILES string of the molecule is Nc1nc(Nc2ccc(S(N)(=O)=O)cc2)nn1C(=O)c1ccc(Cl)cc1. The van der Waals surface area contributed by atoms with Gasteiger partial charge in [0.1, 0.15) is 0 Å². The van der Waals surface area contributed by atoms with E-state index in [4.69, 9.17) is 22.5 Å². The van der Waals surface area contributed by atoms with Crippen LogP contribution in [0.15, 0.2) is 53.4 Å². The van der Waals surface area contributed by atoms with Gasteiger partial charge in [0.2, 0.25) is 21.9 Å². The highest BCUT2D eigenvalue weighted by Crippen LogP contribution is 2.18. The van der Waals surface area contributed by atoms with Crippen molar-refractivity contribution < 1.29 is 13.2 Å². The molecule has 0 unspecified atom stereocenters. The molecule has 0 radical (unpaired) electrons. The minimum Gasteiger partial charge on any atom is -0.368 e. The van der Waals surface area contributed by atoms with Crippen LogP contribution in [-0.2, 0) is 10.0 Å². The second kappa shape index (κ2) is 6.75. The van der Waals surface area contributed by atoms with E-state index in [2.05, 4.69) is 15.4 Å². The quantitative estimate of drug-likeness (QED) is 0.610. The number of anilines is 3. The second-order valence-corrected chi connectivity index (χ2v) is 7.21. The van der Waals surface area contributed by atoms with Crippen LogP contribution < -0.4 is 16.2 Å². The first-order valence-electron chi connectivity index (χ1n) is 7.17. The summed E-state index contributed by atoms with van der Waals surface area (Å²) in [5.74, 6) is -0.494. The standard InChI is InChI=1S/C15H13ClN6O3S/c16-10-3-1-9(2-4-10)13(23)22-14(17)20-15(21-22)19-11-5-7-12(8-6-11)26(18,24)25/h1-8H,(H2,18,24,25)(H3,17,19,20,21). The number of primary sulfonamides is 1. The molecule has 0 saturated carbocycles. The lowest BCUT2D eigenvalue weighted by molar-refractivity contribution is 0.0948. The average Bonchev–Trinajstić information content (AvgIpc) is 2.95. The normalized spacial score (nSPS) is 11.3. The largest absolute Gasteiger partial charge is 0.368 e. The smallest absolute Gasteiger partial charge is 0.281 e. The maximum atomic E-state index is 12.4. The van der Waals surface area contributed by atoms with Crippen molar-refractivity contribution in [3.05, 3.63) is 59.1 Å². The predicted molar refractivity (Wildman–Crippen MR) is 96.7 cm³/mol. The van der Waals surface area contributed by atoms with Gasteiger partial charge in [-0.05, 0) is 48.5 Å². The second-order valence-electron chi connectivity index (χ2n) is 5.21. The van der Waals surface area contributed by atoms with E-state index in [1.165, 1.54) is 24.3 Å². The molecule has 3 aromatic rings. The molecule has 0 bridgehead atoms. The van der Waals surface area contributed by atoms with Gasteiger partial charge in [0.05, 0.1) is 4.90 Å². The average molecular weight is 393 g/mol. The van der Waals surface area contributed by atoms with E-state index in [0.717, 1.165) is 4.68 Å². The van der Waals surface area contributed by atoms with Crippen molar-refractivity contribution in [1.82, 2.24) is 14.8 Å². The first-order chi connectivity index (χ1) is 12.2. The molecule has 0 aliphatic heterocycles. The van der Waals surface area contributed by atoms with Gasteiger partial charge in [-0.3, -0.25) is 4.79 Å². The fraction of sp³-hybridized carbons (Fsp3) is 0. The number of carbonyl (C=O) groups is 1. The Hall–Kier alpha value is -2.95. The van der Waals surface area contributed by atoms with Gasteiger partial charge in [0.15, 0.2) is 0 Å². The Kier molecular flexibility index (Phi) is 4.64. The number of hydrogen-bond donors (Lipinski definition) is 3. The topological polar surface area (TPSA) is 146 Å². The third-order valence-electron chi connectivity index (χ3n) is 3.35. The van der Waals surface area contributed by atoms with E-state index in [1.807, 2.05) is 0 Å². The summed E-state index contributed by atoms with van der Waals surface area (Å²) in [7, 11) is -3.78. The van der Waals surface area contributed by atoms with Gasteiger partial charge in [-0.2, -0.15) is 9.67 Å². The Morgan fingerprint density at radius 2 is 1.69 bits per heavy atom. The summed E-state index contributed by atoms with van der Waals surface area (Å²) < 4.78 is 23.4. The van der Waals surface area contributed by atoms with Gasteiger partial charge in [-0.1, -0.05) is 11.6 Å². The Labute approximate surface area is 153 Å². The van der Waals surface area contributed by atoms with E-state index in [9.17, 15) is 13.2 Å². The van der Waals surface area contributed by atoms with E-state index in [0.29, 0.717) is 16.3 Å². The zero-order valence-corrected chi connectivity index (χ0v) is 14.7. The van der Waals surface area contributed by atoms with Crippen molar-refractivity contribution >= 4 is 45.1 Å². The molecule has 0 aliphatic rings. The Balaban J connectivity index is 1.82. The van der Waals surface area contributed by atoms with E-state index >= 15 is 0 Å². The lowest BCUT2D eigenvalue weighted by Gasteiger charge is -2.03. The molecule has 26 heavy (non-hydrogen) atoms. The Bertz CT molecular complexity index is 1060. The summed E-state index contributed by atoms with van der Waals surface area (Å²) in [6, 6.07) is 11.9. The first-order valence-corrected chi connectivity index (χ1v) is 9.09. The maximum Gasteiger partial charge on any atom is 0.281 e. The molecule has 0 atom stereocenters. The van der Waals surface area contributed by atoms with Crippen LogP contribution in [0.2, 0.25) is 5.02 Å². The molecule has 134 valence electrons. The van der Waals surface area contributed by atoms with E-state index in [-0.39, 0.29) is 16.8 Å². The fourth-order valence-corrected chi connectivity index (χ4v) is 2.74. The summed E-state index contributed by atoms with van der Waals surface area (Å²) in [6.07, 6.45) is 0. The summed E-state index contributed by atoms with van der Waals surface area (Å²) in [4.78, 5) is 16.4. The summed E-state index contributed by atoms with van der Waals surface area (Å²) in [5.41, 5.74) is 6.59. The molecule has 9 nitrogen and oxygen atoms in total. The number of halogens is 1. The highest BCUT2D eigenvalue weighted by Gasteiger charge is 2.16. The molecule has 2 aromatic carbocycles. The van der Waals surface area contributed by atoms with Crippen LogP contribution in [0, 0.1) is 0 Å². The van der Waals surface area contributed by atoms with Gasteiger partial charge in [0, 0.05) is 16.3 Å². The molecule has 1 heterocycles. The summed E-state index contributed by atoms with van der Waals surface area (Å²) in [5, 5.41) is 12.4. The van der Waals surface area contributed by atoms with Gasteiger partial charge < -0.3 is 11.1 Å². The fourth-order valence-electron chi connectivity index (χ4n) is 2.10. The molecule has 5 N–H and O–H groups in total. The molecule has 0 saturated heterocycles. The van der Waals surface area contributed by atoms with Crippen molar-refractivity contribution in [2.75, 3.05) is 11.1 Å². The number of nitrogens with two attached hydrogens (primary N) is 2. The van der Waals surface area contributed by atoms with Crippen LogP contribution in [0.4, 0.5) is 17.6 Å². The number of nitrogens with one attached hydrogen (secondary N) is 1. The lowest BCUT2D eigenvalue weighted by atomic mass is 10.2. The number of rotatable bonds is 4. The van der Waals surface area contributed by atoms with Crippen molar-refractivity contribution in [2.45, 2.75) is 4.90 Å². The minimum atomic E-state index is -3.78.